The first kappa shape index (κ1) is 13.3. The number of amides is 2. The molecule has 5 heteroatoms. The van der Waals surface area contributed by atoms with Gasteiger partial charge in [0.25, 0.3) is 0 Å². The largest absolute Gasteiger partial charge is 0.354 e. The molecule has 1 saturated carbocycles. The molecule has 1 atom stereocenters. The van der Waals surface area contributed by atoms with Crippen molar-refractivity contribution in [2.24, 2.45) is 11.8 Å². The second kappa shape index (κ2) is 6.18. The Balaban J connectivity index is 1.67. The van der Waals surface area contributed by atoms with E-state index in [9.17, 15) is 9.59 Å². The van der Waals surface area contributed by atoms with Crippen molar-refractivity contribution >= 4 is 11.8 Å². The summed E-state index contributed by atoms with van der Waals surface area (Å²) in [5.74, 6) is 1.43. The molecular formula is C13H23N3O2. The number of carbonyl (C=O) groups excluding carboxylic acids is 2. The molecule has 1 saturated heterocycles. The van der Waals surface area contributed by atoms with Crippen LogP contribution in [-0.4, -0.2) is 37.5 Å². The molecule has 0 aromatic carbocycles. The molecule has 0 spiro atoms. The van der Waals surface area contributed by atoms with E-state index in [0.717, 1.165) is 12.5 Å². The van der Waals surface area contributed by atoms with Crippen LogP contribution >= 0.6 is 0 Å². The van der Waals surface area contributed by atoms with Gasteiger partial charge in [-0.05, 0) is 24.7 Å². The van der Waals surface area contributed by atoms with Crippen molar-refractivity contribution in [3.63, 3.8) is 0 Å². The van der Waals surface area contributed by atoms with Gasteiger partial charge in [0.1, 0.15) is 6.04 Å². The average molecular weight is 253 g/mol. The van der Waals surface area contributed by atoms with Gasteiger partial charge >= 0.3 is 0 Å². The molecule has 1 unspecified atom stereocenters. The van der Waals surface area contributed by atoms with E-state index < -0.39 is 0 Å². The van der Waals surface area contributed by atoms with Crippen LogP contribution in [0.1, 0.15) is 32.6 Å². The Hall–Kier alpha value is -1.10. The van der Waals surface area contributed by atoms with Gasteiger partial charge in [0.2, 0.25) is 11.8 Å². The topological polar surface area (TPSA) is 70.2 Å². The number of piperazine rings is 1. The van der Waals surface area contributed by atoms with Crippen LogP contribution in [-0.2, 0) is 9.59 Å². The SMILES string of the molecule is CC1CCC(CNC(=O)C2CNC(=O)CN2)CC1. The lowest BCUT2D eigenvalue weighted by Gasteiger charge is -2.28. The second-order valence-corrected chi connectivity index (χ2v) is 5.61. The van der Waals surface area contributed by atoms with Crippen LogP contribution in [0.25, 0.3) is 0 Å². The quantitative estimate of drug-likeness (QED) is 0.664. The summed E-state index contributed by atoms with van der Waals surface area (Å²) in [6, 6.07) is -0.273. The van der Waals surface area contributed by atoms with Crippen molar-refractivity contribution < 1.29 is 9.59 Å². The Morgan fingerprint density at radius 3 is 2.67 bits per heavy atom. The predicted molar refractivity (Wildman–Crippen MR) is 68.9 cm³/mol. The lowest BCUT2D eigenvalue weighted by atomic mass is 9.83. The van der Waals surface area contributed by atoms with Crippen molar-refractivity contribution in [2.75, 3.05) is 19.6 Å². The van der Waals surface area contributed by atoms with Gasteiger partial charge in [0.05, 0.1) is 6.54 Å². The monoisotopic (exact) mass is 253 g/mol. The van der Waals surface area contributed by atoms with Crippen molar-refractivity contribution in [3.8, 4) is 0 Å². The van der Waals surface area contributed by atoms with Crippen LogP contribution in [0.2, 0.25) is 0 Å². The molecule has 2 aliphatic rings. The lowest BCUT2D eigenvalue weighted by Crippen LogP contribution is -2.58. The fourth-order valence-corrected chi connectivity index (χ4v) is 2.65. The Kier molecular flexibility index (Phi) is 4.58. The van der Waals surface area contributed by atoms with Gasteiger partial charge in [-0.15, -0.1) is 0 Å². The van der Waals surface area contributed by atoms with E-state index in [2.05, 4.69) is 22.9 Å². The smallest absolute Gasteiger partial charge is 0.238 e. The minimum atomic E-state index is -0.273. The highest BCUT2D eigenvalue weighted by Gasteiger charge is 2.25. The maximum atomic E-state index is 11.9. The summed E-state index contributed by atoms with van der Waals surface area (Å²) in [5.41, 5.74) is 0. The standard InChI is InChI=1S/C13H23N3O2/c1-9-2-4-10(5-3-9)6-16-13(18)11-7-15-12(17)8-14-11/h9-11,14H,2-8H2,1H3,(H,15,17)(H,16,18). The van der Waals surface area contributed by atoms with E-state index in [0.29, 0.717) is 12.5 Å². The molecule has 1 aliphatic heterocycles. The summed E-state index contributed by atoms with van der Waals surface area (Å²) in [4.78, 5) is 22.8. The number of rotatable bonds is 3. The molecule has 0 aromatic rings. The van der Waals surface area contributed by atoms with Crippen molar-refractivity contribution in [2.45, 2.75) is 38.6 Å². The third kappa shape index (κ3) is 3.70. The van der Waals surface area contributed by atoms with Gasteiger partial charge in [-0.3, -0.25) is 14.9 Å². The Labute approximate surface area is 108 Å². The molecule has 102 valence electrons. The van der Waals surface area contributed by atoms with Crippen LogP contribution in [0, 0.1) is 11.8 Å². The van der Waals surface area contributed by atoms with Crippen LogP contribution in [0.3, 0.4) is 0 Å². The van der Waals surface area contributed by atoms with Gasteiger partial charge < -0.3 is 10.6 Å². The van der Waals surface area contributed by atoms with E-state index in [1.54, 1.807) is 0 Å². The fraction of sp³-hybridized carbons (Fsp3) is 0.846. The van der Waals surface area contributed by atoms with Gasteiger partial charge in [-0.2, -0.15) is 0 Å². The van der Waals surface area contributed by atoms with Gasteiger partial charge in [-0.25, -0.2) is 0 Å². The maximum absolute atomic E-state index is 11.9. The van der Waals surface area contributed by atoms with E-state index >= 15 is 0 Å². The minimum Gasteiger partial charge on any atom is -0.354 e. The first-order valence-corrected chi connectivity index (χ1v) is 6.93. The number of hydrogen-bond acceptors (Lipinski definition) is 3. The normalized spacial score (nSPS) is 32.7. The molecule has 1 aliphatic carbocycles. The van der Waals surface area contributed by atoms with E-state index in [-0.39, 0.29) is 24.4 Å². The molecule has 0 radical (unpaired) electrons. The van der Waals surface area contributed by atoms with Gasteiger partial charge in [-0.1, -0.05) is 19.8 Å². The Bertz CT molecular complexity index is 301. The molecule has 0 bridgehead atoms. The summed E-state index contributed by atoms with van der Waals surface area (Å²) in [6.07, 6.45) is 4.99. The Morgan fingerprint density at radius 2 is 2.06 bits per heavy atom. The molecule has 1 heterocycles. The number of carbonyl (C=O) groups is 2. The third-order valence-corrected chi connectivity index (χ3v) is 4.03. The first-order chi connectivity index (χ1) is 8.65. The van der Waals surface area contributed by atoms with Crippen molar-refractivity contribution in [1.82, 2.24) is 16.0 Å². The van der Waals surface area contributed by atoms with Crippen molar-refractivity contribution in [3.05, 3.63) is 0 Å². The van der Waals surface area contributed by atoms with Gasteiger partial charge in [0.15, 0.2) is 0 Å². The fourth-order valence-electron chi connectivity index (χ4n) is 2.65. The molecule has 18 heavy (non-hydrogen) atoms. The lowest BCUT2D eigenvalue weighted by molar-refractivity contribution is -0.126. The molecule has 2 fully saturated rings. The van der Waals surface area contributed by atoms with Crippen LogP contribution < -0.4 is 16.0 Å². The number of nitrogens with one attached hydrogen (secondary N) is 3. The van der Waals surface area contributed by atoms with Crippen molar-refractivity contribution in [1.29, 1.82) is 0 Å². The Morgan fingerprint density at radius 1 is 1.33 bits per heavy atom. The molecular weight excluding hydrogens is 230 g/mol. The molecule has 0 aromatic heterocycles. The third-order valence-electron chi connectivity index (χ3n) is 4.03. The van der Waals surface area contributed by atoms with E-state index in [1.807, 2.05) is 0 Å². The summed E-state index contributed by atoms with van der Waals surface area (Å²) in [5, 5.41) is 8.63. The highest BCUT2D eigenvalue weighted by Crippen LogP contribution is 2.27. The highest BCUT2D eigenvalue weighted by molar-refractivity contribution is 5.86. The zero-order valence-electron chi connectivity index (χ0n) is 11.0. The van der Waals surface area contributed by atoms with Crippen LogP contribution in [0.4, 0.5) is 0 Å². The zero-order chi connectivity index (χ0) is 13.0. The van der Waals surface area contributed by atoms with Gasteiger partial charge in [0, 0.05) is 13.1 Å². The zero-order valence-corrected chi connectivity index (χ0v) is 11.0. The molecule has 2 amide bonds. The second-order valence-electron chi connectivity index (χ2n) is 5.61. The molecule has 2 rings (SSSR count). The maximum Gasteiger partial charge on any atom is 0.238 e. The average Bonchev–Trinajstić information content (AvgIpc) is 2.38. The summed E-state index contributed by atoms with van der Waals surface area (Å²) < 4.78 is 0. The molecule has 5 nitrogen and oxygen atoms in total. The van der Waals surface area contributed by atoms with Crippen LogP contribution in [0.5, 0.6) is 0 Å². The summed E-state index contributed by atoms with van der Waals surface area (Å²) >= 11 is 0. The summed E-state index contributed by atoms with van der Waals surface area (Å²) in [7, 11) is 0. The summed E-state index contributed by atoms with van der Waals surface area (Å²) in [6.45, 7) is 3.70. The first-order valence-electron chi connectivity index (χ1n) is 6.93. The van der Waals surface area contributed by atoms with E-state index in [4.69, 9.17) is 0 Å². The number of hydrogen-bond donors (Lipinski definition) is 3. The molecule has 3 N–H and O–H groups in total. The van der Waals surface area contributed by atoms with Crippen LogP contribution in [0.15, 0.2) is 0 Å². The minimum absolute atomic E-state index is 0.00798. The predicted octanol–water partition coefficient (Wildman–Crippen LogP) is 0.0169. The van der Waals surface area contributed by atoms with E-state index in [1.165, 1.54) is 25.7 Å². The highest BCUT2D eigenvalue weighted by atomic mass is 16.2.